The van der Waals surface area contributed by atoms with E-state index >= 15 is 0 Å². The molecule has 1 aromatic rings. The maximum Gasteiger partial charge on any atom is 0.410 e. The Kier molecular flexibility index (Phi) is 4.61. The van der Waals surface area contributed by atoms with Crippen molar-refractivity contribution in [1.29, 1.82) is 0 Å². The predicted molar refractivity (Wildman–Crippen MR) is 97.7 cm³/mol. The van der Waals surface area contributed by atoms with Gasteiger partial charge in [0.2, 0.25) is 5.91 Å². The van der Waals surface area contributed by atoms with Crippen molar-refractivity contribution in [2.45, 2.75) is 37.8 Å². The average molecular weight is 357 g/mol. The monoisotopic (exact) mass is 357 g/mol. The van der Waals surface area contributed by atoms with E-state index in [-0.39, 0.29) is 17.6 Å². The van der Waals surface area contributed by atoms with Gasteiger partial charge in [0.05, 0.1) is 6.54 Å². The van der Waals surface area contributed by atoms with E-state index in [4.69, 9.17) is 4.74 Å². The molecule has 3 aliphatic rings. The minimum atomic E-state index is -0.303. The number of fused-ring (bicyclic) bond motifs is 1. The molecule has 3 aliphatic heterocycles. The van der Waals surface area contributed by atoms with Crippen molar-refractivity contribution in [2.75, 3.05) is 39.8 Å². The molecule has 1 aromatic carbocycles. The molecule has 6 nitrogen and oxygen atoms in total. The molecule has 2 saturated heterocycles. The van der Waals surface area contributed by atoms with Gasteiger partial charge in [-0.2, -0.15) is 0 Å². The Hall–Kier alpha value is -2.08. The summed E-state index contributed by atoms with van der Waals surface area (Å²) in [5.41, 5.74) is 2.34. The summed E-state index contributed by atoms with van der Waals surface area (Å²) in [6, 6.07) is 8.40. The molecule has 2 fully saturated rings. The van der Waals surface area contributed by atoms with Gasteiger partial charge in [0.25, 0.3) is 0 Å². The molecule has 0 bridgehead atoms. The van der Waals surface area contributed by atoms with Crippen LogP contribution in [-0.2, 0) is 22.5 Å². The Morgan fingerprint density at radius 1 is 1.15 bits per heavy atom. The van der Waals surface area contributed by atoms with Crippen molar-refractivity contribution in [1.82, 2.24) is 14.7 Å². The van der Waals surface area contributed by atoms with Gasteiger partial charge in [0.15, 0.2) is 0 Å². The van der Waals surface area contributed by atoms with Crippen molar-refractivity contribution < 1.29 is 14.3 Å². The summed E-state index contributed by atoms with van der Waals surface area (Å²) < 4.78 is 5.59. The van der Waals surface area contributed by atoms with E-state index in [1.165, 1.54) is 11.1 Å². The first-order chi connectivity index (χ1) is 12.5. The predicted octanol–water partition coefficient (Wildman–Crippen LogP) is 1.88. The number of hydrogen-bond donors (Lipinski definition) is 0. The zero-order valence-corrected chi connectivity index (χ0v) is 15.4. The van der Waals surface area contributed by atoms with E-state index in [1.807, 2.05) is 11.0 Å². The number of benzene rings is 1. The van der Waals surface area contributed by atoms with Gasteiger partial charge in [0.1, 0.15) is 5.60 Å². The lowest BCUT2D eigenvalue weighted by Gasteiger charge is -2.37. The van der Waals surface area contributed by atoms with Gasteiger partial charge in [-0.3, -0.25) is 4.79 Å². The van der Waals surface area contributed by atoms with E-state index in [0.717, 1.165) is 52.0 Å². The fourth-order valence-electron chi connectivity index (χ4n) is 4.36. The number of nitrogens with zero attached hydrogens (tertiary/aromatic N) is 3. The molecule has 0 saturated carbocycles. The zero-order valence-electron chi connectivity index (χ0n) is 15.4. The van der Waals surface area contributed by atoms with Gasteiger partial charge in [-0.05, 0) is 17.5 Å². The van der Waals surface area contributed by atoms with Crippen LogP contribution in [0, 0.1) is 0 Å². The molecular formula is C20H27N3O3. The molecule has 1 spiro atoms. The minimum Gasteiger partial charge on any atom is -0.441 e. The zero-order chi connectivity index (χ0) is 18.1. The highest BCUT2D eigenvalue weighted by molar-refractivity contribution is 5.76. The van der Waals surface area contributed by atoms with Crippen LogP contribution >= 0.6 is 0 Å². The van der Waals surface area contributed by atoms with E-state index in [1.54, 1.807) is 11.9 Å². The van der Waals surface area contributed by atoms with Gasteiger partial charge in [-0.1, -0.05) is 24.3 Å². The van der Waals surface area contributed by atoms with Gasteiger partial charge in [-0.15, -0.1) is 0 Å². The standard InChI is InChI=1S/C20H27N3O3/c1-21-15-20(26-19(21)25)8-12-22(13-9-20)10-7-18(24)23-11-6-16-4-2-3-5-17(16)14-23/h2-5H,6-15H2,1H3. The molecular weight excluding hydrogens is 330 g/mol. The quantitative estimate of drug-likeness (QED) is 0.829. The second-order valence-electron chi connectivity index (χ2n) is 7.83. The summed E-state index contributed by atoms with van der Waals surface area (Å²) in [7, 11) is 1.79. The Morgan fingerprint density at radius 2 is 1.88 bits per heavy atom. The van der Waals surface area contributed by atoms with Crippen LogP contribution in [0.15, 0.2) is 24.3 Å². The number of carbonyl (C=O) groups is 2. The Morgan fingerprint density at radius 3 is 2.58 bits per heavy atom. The van der Waals surface area contributed by atoms with Crippen LogP contribution in [0.5, 0.6) is 0 Å². The Balaban J connectivity index is 1.24. The van der Waals surface area contributed by atoms with Gasteiger partial charge < -0.3 is 19.4 Å². The Labute approximate surface area is 154 Å². The lowest BCUT2D eigenvalue weighted by Crippen LogP contribution is -2.47. The molecule has 0 radical (unpaired) electrons. The number of amides is 2. The highest BCUT2D eigenvalue weighted by Crippen LogP contribution is 2.32. The number of piperidine rings is 1. The van der Waals surface area contributed by atoms with Crippen molar-refractivity contribution in [3.63, 3.8) is 0 Å². The average Bonchev–Trinajstić information content (AvgIpc) is 2.94. The fourth-order valence-corrected chi connectivity index (χ4v) is 4.36. The Bertz CT molecular complexity index is 697. The van der Waals surface area contributed by atoms with Crippen molar-refractivity contribution in [3.8, 4) is 0 Å². The lowest BCUT2D eigenvalue weighted by molar-refractivity contribution is -0.132. The first-order valence-electron chi connectivity index (χ1n) is 9.56. The molecule has 3 heterocycles. The summed E-state index contributed by atoms with van der Waals surface area (Å²) in [4.78, 5) is 30.2. The van der Waals surface area contributed by atoms with E-state index in [2.05, 4.69) is 23.1 Å². The number of ether oxygens (including phenoxy) is 1. The normalized spacial score (nSPS) is 22.4. The summed E-state index contributed by atoms with van der Waals surface area (Å²) in [5.74, 6) is 0.242. The fraction of sp³-hybridized carbons (Fsp3) is 0.600. The van der Waals surface area contributed by atoms with Crippen LogP contribution in [0.3, 0.4) is 0 Å². The molecule has 0 atom stereocenters. The minimum absolute atomic E-state index is 0.209. The lowest BCUT2D eigenvalue weighted by atomic mass is 9.91. The number of likely N-dealkylation sites (tertiary alicyclic amines) is 1. The molecule has 4 rings (SSSR count). The van der Waals surface area contributed by atoms with Crippen LogP contribution in [0.2, 0.25) is 0 Å². The summed E-state index contributed by atoms with van der Waals surface area (Å²) in [6.07, 6.45) is 3.02. The number of carbonyl (C=O) groups excluding carboxylic acids is 2. The molecule has 140 valence electrons. The van der Waals surface area contributed by atoms with Crippen molar-refractivity contribution in [2.24, 2.45) is 0 Å². The summed E-state index contributed by atoms with van der Waals surface area (Å²) in [5, 5.41) is 0. The van der Waals surface area contributed by atoms with Crippen LogP contribution in [0.1, 0.15) is 30.4 Å². The maximum atomic E-state index is 12.6. The smallest absolute Gasteiger partial charge is 0.410 e. The SMILES string of the molecule is CN1CC2(CCN(CCC(=O)N3CCc4ccccc4C3)CC2)OC1=O. The number of rotatable bonds is 3. The molecule has 0 aromatic heterocycles. The van der Waals surface area contributed by atoms with Crippen LogP contribution in [0.4, 0.5) is 4.79 Å². The molecule has 0 aliphatic carbocycles. The van der Waals surface area contributed by atoms with E-state index in [0.29, 0.717) is 13.0 Å². The third-order valence-corrected chi connectivity index (χ3v) is 6.03. The topological polar surface area (TPSA) is 53.1 Å². The first-order valence-corrected chi connectivity index (χ1v) is 9.56. The maximum absolute atomic E-state index is 12.6. The van der Waals surface area contributed by atoms with Gasteiger partial charge >= 0.3 is 6.09 Å². The molecule has 0 unspecified atom stereocenters. The summed E-state index contributed by atoms with van der Waals surface area (Å²) >= 11 is 0. The first kappa shape index (κ1) is 17.3. The molecule has 0 N–H and O–H groups in total. The molecule has 2 amide bonds. The van der Waals surface area contributed by atoms with Crippen molar-refractivity contribution >= 4 is 12.0 Å². The molecule has 26 heavy (non-hydrogen) atoms. The second-order valence-corrected chi connectivity index (χ2v) is 7.83. The van der Waals surface area contributed by atoms with E-state index in [9.17, 15) is 9.59 Å². The highest BCUT2D eigenvalue weighted by atomic mass is 16.6. The van der Waals surface area contributed by atoms with Crippen molar-refractivity contribution in [3.05, 3.63) is 35.4 Å². The number of hydrogen-bond acceptors (Lipinski definition) is 4. The molecule has 6 heteroatoms. The van der Waals surface area contributed by atoms with E-state index < -0.39 is 0 Å². The summed E-state index contributed by atoms with van der Waals surface area (Å²) in [6.45, 7) is 4.80. The van der Waals surface area contributed by atoms with Gasteiger partial charge in [0, 0.05) is 59.0 Å². The number of likely N-dealkylation sites (N-methyl/N-ethyl adjacent to an activating group) is 1. The third-order valence-electron chi connectivity index (χ3n) is 6.03. The highest BCUT2D eigenvalue weighted by Gasteiger charge is 2.45. The van der Waals surface area contributed by atoms with Crippen LogP contribution < -0.4 is 0 Å². The second kappa shape index (κ2) is 6.91. The van der Waals surface area contributed by atoms with Crippen LogP contribution in [0.25, 0.3) is 0 Å². The van der Waals surface area contributed by atoms with Gasteiger partial charge in [-0.25, -0.2) is 4.79 Å². The largest absolute Gasteiger partial charge is 0.441 e. The third kappa shape index (κ3) is 3.43. The van der Waals surface area contributed by atoms with Crippen LogP contribution in [-0.4, -0.2) is 72.1 Å².